The van der Waals surface area contributed by atoms with Gasteiger partial charge in [0.15, 0.2) is 16.8 Å². The summed E-state index contributed by atoms with van der Waals surface area (Å²) in [6.45, 7) is 3.88. The summed E-state index contributed by atoms with van der Waals surface area (Å²) in [6, 6.07) is 0. The predicted octanol–water partition coefficient (Wildman–Crippen LogP) is 0.833. The average Bonchev–Trinajstić information content (AvgIpc) is 2.99. The smallest absolute Gasteiger partial charge is 0.188 e. The average molecular weight is 306 g/mol. The number of rotatable bonds is 4. The van der Waals surface area contributed by atoms with Crippen LogP contribution in [-0.4, -0.2) is 58.1 Å². The van der Waals surface area contributed by atoms with Gasteiger partial charge in [0, 0.05) is 37.8 Å². The van der Waals surface area contributed by atoms with Crippen LogP contribution < -0.4 is 16.5 Å². The molecule has 0 unspecified atom stereocenters. The van der Waals surface area contributed by atoms with Gasteiger partial charge in [-0.25, -0.2) is 20.0 Å². The number of thiazole rings is 1. The van der Waals surface area contributed by atoms with Crippen LogP contribution in [0.1, 0.15) is 0 Å². The van der Waals surface area contributed by atoms with Crippen LogP contribution >= 0.6 is 11.3 Å². The lowest BCUT2D eigenvalue weighted by Gasteiger charge is -2.32. The number of hydrogen-bond donors (Lipinski definition) is 3. The molecule has 1 aliphatic rings. The fourth-order valence-corrected chi connectivity index (χ4v) is 2.57. The zero-order valence-corrected chi connectivity index (χ0v) is 12.6. The zero-order chi connectivity index (χ0) is 14.7. The largest absolute Gasteiger partial charge is 0.393 e. The van der Waals surface area contributed by atoms with Gasteiger partial charge in [0.1, 0.15) is 12.0 Å². The molecule has 1 aliphatic heterocycles. The number of nitrogens with one attached hydrogen (secondary N) is 2. The molecule has 0 bridgehead atoms. The molecule has 9 heteroatoms. The van der Waals surface area contributed by atoms with E-state index in [1.54, 1.807) is 6.20 Å². The van der Waals surface area contributed by atoms with Gasteiger partial charge in [-0.1, -0.05) is 0 Å². The summed E-state index contributed by atoms with van der Waals surface area (Å²) >= 11 is 1.49. The van der Waals surface area contributed by atoms with Gasteiger partial charge in [0.25, 0.3) is 0 Å². The van der Waals surface area contributed by atoms with Crippen molar-refractivity contribution in [2.75, 3.05) is 49.7 Å². The highest BCUT2D eigenvalue weighted by Gasteiger charge is 2.16. The Morgan fingerprint density at radius 2 is 1.90 bits per heavy atom. The SMILES string of the molecule is CN1CCN(Nc2ncnc(Nc3nccs3)c2N)CC1. The number of aromatic nitrogens is 3. The molecule has 8 nitrogen and oxygen atoms in total. The summed E-state index contributed by atoms with van der Waals surface area (Å²) in [4.78, 5) is 14.8. The van der Waals surface area contributed by atoms with E-state index < -0.39 is 0 Å². The molecule has 112 valence electrons. The first kappa shape index (κ1) is 14.0. The third-order valence-corrected chi connectivity index (χ3v) is 4.00. The minimum Gasteiger partial charge on any atom is -0.393 e. The van der Waals surface area contributed by atoms with E-state index in [-0.39, 0.29) is 0 Å². The molecular formula is C12H18N8S. The Hall–Kier alpha value is -1.97. The molecule has 3 rings (SSSR count). The summed E-state index contributed by atoms with van der Waals surface area (Å²) in [5, 5.41) is 7.87. The van der Waals surface area contributed by atoms with E-state index in [1.807, 2.05) is 5.38 Å². The Bertz CT molecular complexity index is 579. The summed E-state index contributed by atoms with van der Waals surface area (Å²) in [5.74, 6) is 1.19. The van der Waals surface area contributed by atoms with E-state index in [1.165, 1.54) is 17.7 Å². The van der Waals surface area contributed by atoms with Crippen LogP contribution in [0.4, 0.5) is 22.5 Å². The second kappa shape index (κ2) is 6.20. The van der Waals surface area contributed by atoms with Crippen LogP contribution in [0.25, 0.3) is 0 Å². The molecule has 0 radical (unpaired) electrons. The standard InChI is InChI=1S/C12H18N8S/c1-19-3-5-20(6-4-19)18-11-9(13)10(15-8-16-11)17-12-14-2-7-21-12/h2,7-8H,3-6,13H2,1H3,(H2,14,15,16,17,18). The first-order chi connectivity index (χ1) is 10.2. The van der Waals surface area contributed by atoms with Crippen molar-refractivity contribution >= 4 is 33.8 Å². The molecule has 3 heterocycles. The van der Waals surface area contributed by atoms with Gasteiger partial charge in [-0.3, -0.25) is 0 Å². The quantitative estimate of drug-likeness (QED) is 0.764. The van der Waals surface area contributed by atoms with E-state index in [4.69, 9.17) is 5.73 Å². The Morgan fingerprint density at radius 3 is 2.62 bits per heavy atom. The molecule has 0 spiro atoms. The van der Waals surface area contributed by atoms with Crippen molar-refractivity contribution in [3.63, 3.8) is 0 Å². The van der Waals surface area contributed by atoms with Crippen molar-refractivity contribution in [2.45, 2.75) is 0 Å². The van der Waals surface area contributed by atoms with Crippen molar-refractivity contribution in [1.82, 2.24) is 24.9 Å². The van der Waals surface area contributed by atoms with Crippen LogP contribution in [0.5, 0.6) is 0 Å². The van der Waals surface area contributed by atoms with E-state index in [0.717, 1.165) is 31.3 Å². The Morgan fingerprint density at radius 1 is 1.14 bits per heavy atom. The van der Waals surface area contributed by atoms with Crippen molar-refractivity contribution in [3.05, 3.63) is 17.9 Å². The topological polar surface area (TPSA) is 95.2 Å². The minimum absolute atomic E-state index is 0.492. The summed E-state index contributed by atoms with van der Waals surface area (Å²) in [6.07, 6.45) is 3.22. The lowest BCUT2D eigenvalue weighted by atomic mass is 10.4. The van der Waals surface area contributed by atoms with Crippen LogP contribution in [0.2, 0.25) is 0 Å². The molecule has 2 aromatic rings. The predicted molar refractivity (Wildman–Crippen MR) is 84.5 cm³/mol. The molecule has 0 saturated carbocycles. The fraction of sp³-hybridized carbons (Fsp3) is 0.417. The maximum atomic E-state index is 6.13. The normalized spacial score (nSPS) is 16.8. The van der Waals surface area contributed by atoms with Gasteiger partial charge in [-0.2, -0.15) is 0 Å². The second-order valence-corrected chi connectivity index (χ2v) is 5.74. The Kier molecular flexibility index (Phi) is 4.13. The number of nitrogens with two attached hydrogens (primary N) is 1. The van der Waals surface area contributed by atoms with Crippen LogP contribution in [0.15, 0.2) is 17.9 Å². The van der Waals surface area contributed by atoms with Gasteiger partial charge >= 0.3 is 0 Å². The first-order valence-corrected chi connectivity index (χ1v) is 7.57. The highest BCUT2D eigenvalue weighted by Crippen LogP contribution is 2.26. The minimum atomic E-state index is 0.492. The maximum absolute atomic E-state index is 6.13. The van der Waals surface area contributed by atoms with Crippen LogP contribution in [0.3, 0.4) is 0 Å². The highest BCUT2D eigenvalue weighted by molar-refractivity contribution is 7.13. The monoisotopic (exact) mass is 306 g/mol. The van der Waals surface area contributed by atoms with E-state index in [0.29, 0.717) is 17.3 Å². The van der Waals surface area contributed by atoms with Crippen molar-refractivity contribution < 1.29 is 0 Å². The molecule has 1 saturated heterocycles. The van der Waals surface area contributed by atoms with Gasteiger partial charge in [0.05, 0.1) is 0 Å². The Balaban J connectivity index is 1.71. The molecular weight excluding hydrogens is 288 g/mol. The van der Waals surface area contributed by atoms with Crippen molar-refractivity contribution in [2.24, 2.45) is 0 Å². The number of hydrogen-bond acceptors (Lipinski definition) is 9. The Labute approximate surface area is 127 Å². The van der Waals surface area contributed by atoms with Crippen LogP contribution in [0, 0.1) is 0 Å². The third-order valence-electron chi connectivity index (χ3n) is 3.31. The lowest BCUT2D eigenvalue weighted by Crippen LogP contribution is -2.47. The third kappa shape index (κ3) is 3.38. The van der Waals surface area contributed by atoms with Crippen LogP contribution in [-0.2, 0) is 0 Å². The molecule has 0 amide bonds. The second-order valence-electron chi connectivity index (χ2n) is 4.85. The van der Waals surface area contributed by atoms with E-state index in [9.17, 15) is 0 Å². The maximum Gasteiger partial charge on any atom is 0.188 e. The number of hydrazine groups is 1. The molecule has 21 heavy (non-hydrogen) atoms. The van der Waals surface area contributed by atoms with Gasteiger partial charge in [0.2, 0.25) is 0 Å². The zero-order valence-electron chi connectivity index (χ0n) is 11.8. The van der Waals surface area contributed by atoms with Gasteiger partial charge < -0.3 is 21.4 Å². The van der Waals surface area contributed by atoms with Gasteiger partial charge in [-0.15, -0.1) is 11.3 Å². The molecule has 0 aliphatic carbocycles. The lowest BCUT2D eigenvalue weighted by molar-refractivity contribution is 0.178. The summed E-state index contributed by atoms with van der Waals surface area (Å²) in [5.41, 5.74) is 9.89. The number of nitrogen functional groups attached to an aromatic ring is 1. The summed E-state index contributed by atoms with van der Waals surface area (Å²) < 4.78 is 0. The first-order valence-electron chi connectivity index (χ1n) is 6.69. The van der Waals surface area contributed by atoms with Gasteiger partial charge in [-0.05, 0) is 7.05 Å². The number of piperazine rings is 1. The number of nitrogens with zero attached hydrogens (tertiary/aromatic N) is 5. The molecule has 4 N–H and O–H groups in total. The molecule has 0 atom stereocenters. The van der Waals surface area contributed by atoms with E-state index >= 15 is 0 Å². The molecule has 2 aromatic heterocycles. The summed E-state index contributed by atoms with van der Waals surface area (Å²) in [7, 11) is 2.12. The van der Waals surface area contributed by atoms with E-state index in [2.05, 4.69) is 42.7 Å². The van der Waals surface area contributed by atoms with Crippen molar-refractivity contribution in [3.8, 4) is 0 Å². The van der Waals surface area contributed by atoms with Crippen molar-refractivity contribution in [1.29, 1.82) is 0 Å². The molecule has 0 aromatic carbocycles. The highest BCUT2D eigenvalue weighted by atomic mass is 32.1. The molecule has 1 fully saturated rings. The number of likely N-dealkylation sites (N-methyl/N-ethyl adjacent to an activating group) is 1. The number of anilines is 4. The fourth-order valence-electron chi connectivity index (χ4n) is 2.04.